The lowest BCUT2D eigenvalue weighted by Gasteiger charge is -2.27. The fraction of sp³-hybridized carbons (Fsp3) is 0.318. The molecule has 160 valence electrons. The molecular formula is C22H24N6O3. The van der Waals surface area contributed by atoms with Gasteiger partial charge in [0.15, 0.2) is 11.5 Å². The van der Waals surface area contributed by atoms with E-state index in [0.717, 1.165) is 40.9 Å². The summed E-state index contributed by atoms with van der Waals surface area (Å²) in [6.07, 6.45) is 0. The van der Waals surface area contributed by atoms with Crippen molar-refractivity contribution in [3.8, 4) is 11.5 Å². The number of H-pyrrole nitrogens is 1. The molecule has 0 spiro atoms. The Balaban J connectivity index is 1.54. The summed E-state index contributed by atoms with van der Waals surface area (Å²) < 4.78 is 16.5. The number of hydrogen-bond donors (Lipinski definition) is 2. The first-order chi connectivity index (χ1) is 15.2. The number of rotatable bonds is 6. The third-order valence-electron chi connectivity index (χ3n) is 5.34. The Bertz CT molecular complexity index is 1190. The van der Waals surface area contributed by atoms with Crippen molar-refractivity contribution in [2.45, 2.75) is 6.54 Å². The van der Waals surface area contributed by atoms with Crippen molar-refractivity contribution in [3.05, 3.63) is 42.2 Å². The highest BCUT2D eigenvalue weighted by molar-refractivity contribution is 5.92. The molecule has 1 aliphatic rings. The number of aromatic nitrogens is 4. The summed E-state index contributed by atoms with van der Waals surface area (Å²) in [7, 11) is 3.24. The van der Waals surface area contributed by atoms with Gasteiger partial charge >= 0.3 is 0 Å². The van der Waals surface area contributed by atoms with Crippen LogP contribution < -0.4 is 19.7 Å². The molecule has 9 heteroatoms. The standard InChI is InChI=1S/C22H24N6O3/c1-29-18-11-14-17(12-19(18)30-2)26-22(28-7-9-31-10-8-28)27-21(14)23-13-20-24-15-5-3-4-6-16(15)25-20/h3-6,11-12H,7-10,13H2,1-2H3,(H,24,25)(H,23,26,27). The van der Waals surface area contributed by atoms with Gasteiger partial charge in [-0.25, -0.2) is 9.97 Å². The number of hydrogen-bond acceptors (Lipinski definition) is 8. The first-order valence-electron chi connectivity index (χ1n) is 10.2. The summed E-state index contributed by atoms with van der Waals surface area (Å²) in [5, 5.41) is 4.29. The Morgan fingerprint density at radius 1 is 1.00 bits per heavy atom. The maximum atomic E-state index is 5.49. The number of methoxy groups -OCH3 is 2. The van der Waals surface area contributed by atoms with Crippen LogP contribution in [0, 0.1) is 0 Å². The molecule has 0 amide bonds. The third kappa shape index (κ3) is 3.79. The van der Waals surface area contributed by atoms with E-state index in [4.69, 9.17) is 24.2 Å². The van der Waals surface area contributed by atoms with Crippen LogP contribution in [0.2, 0.25) is 0 Å². The number of para-hydroxylation sites is 2. The van der Waals surface area contributed by atoms with Crippen LogP contribution in [0.15, 0.2) is 36.4 Å². The van der Waals surface area contributed by atoms with Gasteiger partial charge in [0.1, 0.15) is 11.6 Å². The zero-order chi connectivity index (χ0) is 21.2. The van der Waals surface area contributed by atoms with Crippen molar-refractivity contribution >= 4 is 33.7 Å². The van der Waals surface area contributed by atoms with Crippen molar-refractivity contribution < 1.29 is 14.2 Å². The number of morpholine rings is 1. The Morgan fingerprint density at radius 3 is 2.55 bits per heavy atom. The molecule has 0 unspecified atom stereocenters. The molecule has 1 fully saturated rings. The molecule has 2 aromatic carbocycles. The van der Waals surface area contributed by atoms with E-state index in [9.17, 15) is 0 Å². The van der Waals surface area contributed by atoms with E-state index in [2.05, 4.69) is 20.2 Å². The first kappa shape index (κ1) is 19.4. The molecule has 0 radical (unpaired) electrons. The van der Waals surface area contributed by atoms with Crippen LogP contribution in [0.25, 0.3) is 21.9 Å². The zero-order valence-electron chi connectivity index (χ0n) is 17.5. The van der Waals surface area contributed by atoms with Crippen LogP contribution in [0.4, 0.5) is 11.8 Å². The monoisotopic (exact) mass is 420 g/mol. The van der Waals surface area contributed by atoms with Crippen LogP contribution in [-0.2, 0) is 11.3 Å². The van der Waals surface area contributed by atoms with E-state index < -0.39 is 0 Å². The fourth-order valence-electron chi connectivity index (χ4n) is 3.74. The number of fused-ring (bicyclic) bond motifs is 2. The lowest BCUT2D eigenvalue weighted by atomic mass is 10.2. The summed E-state index contributed by atoms with van der Waals surface area (Å²) in [4.78, 5) is 19.8. The maximum Gasteiger partial charge on any atom is 0.228 e. The lowest BCUT2D eigenvalue weighted by molar-refractivity contribution is 0.122. The highest BCUT2D eigenvalue weighted by Crippen LogP contribution is 2.35. The molecule has 0 bridgehead atoms. The van der Waals surface area contributed by atoms with Gasteiger partial charge in [-0.3, -0.25) is 0 Å². The molecule has 31 heavy (non-hydrogen) atoms. The van der Waals surface area contributed by atoms with Gasteiger partial charge in [0.05, 0.1) is 50.5 Å². The van der Waals surface area contributed by atoms with Gasteiger partial charge < -0.3 is 29.4 Å². The van der Waals surface area contributed by atoms with Crippen LogP contribution in [-0.4, -0.2) is 60.5 Å². The molecule has 0 atom stereocenters. The zero-order valence-corrected chi connectivity index (χ0v) is 17.5. The minimum Gasteiger partial charge on any atom is -0.493 e. The number of nitrogens with zero attached hydrogens (tertiary/aromatic N) is 4. The van der Waals surface area contributed by atoms with Crippen molar-refractivity contribution in [2.24, 2.45) is 0 Å². The van der Waals surface area contributed by atoms with E-state index in [1.165, 1.54) is 0 Å². The highest BCUT2D eigenvalue weighted by atomic mass is 16.5. The van der Waals surface area contributed by atoms with E-state index >= 15 is 0 Å². The number of imidazole rings is 1. The van der Waals surface area contributed by atoms with E-state index in [1.54, 1.807) is 14.2 Å². The number of aromatic amines is 1. The second-order valence-electron chi connectivity index (χ2n) is 7.25. The van der Waals surface area contributed by atoms with Gasteiger partial charge in [-0.05, 0) is 18.2 Å². The molecule has 2 N–H and O–H groups in total. The SMILES string of the molecule is COc1cc2nc(N3CCOCC3)nc(NCc3nc4ccccc4[nH]3)c2cc1OC. The molecule has 5 rings (SSSR count). The molecule has 4 aromatic rings. The first-order valence-corrected chi connectivity index (χ1v) is 10.2. The molecule has 1 aliphatic heterocycles. The number of anilines is 2. The summed E-state index contributed by atoms with van der Waals surface area (Å²) >= 11 is 0. The largest absolute Gasteiger partial charge is 0.493 e. The Labute approximate surface area is 179 Å². The number of benzene rings is 2. The Hall–Kier alpha value is -3.59. The Morgan fingerprint density at radius 2 is 1.77 bits per heavy atom. The summed E-state index contributed by atoms with van der Waals surface area (Å²) in [6, 6.07) is 11.8. The predicted octanol–water partition coefficient (Wildman–Crippen LogP) is 2.97. The lowest BCUT2D eigenvalue weighted by Crippen LogP contribution is -2.37. The molecule has 0 aliphatic carbocycles. The van der Waals surface area contributed by atoms with Crippen LogP contribution >= 0.6 is 0 Å². The quantitative estimate of drug-likeness (QED) is 0.491. The highest BCUT2D eigenvalue weighted by Gasteiger charge is 2.19. The van der Waals surface area contributed by atoms with Crippen molar-refractivity contribution in [1.29, 1.82) is 0 Å². The van der Waals surface area contributed by atoms with E-state index in [-0.39, 0.29) is 0 Å². The minimum absolute atomic E-state index is 0.498. The summed E-state index contributed by atoms with van der Waals surface area (Å²) in [6.45, 7) is 3.32. The molecule has 3 heterocycles. The smallest absolute Gasteiger partial charge is 0.228 e. The normalized spacial score (nSPS) is 14.2. The van der Waals surface area contributed by atoms with Gasteiger partial charge in [-0.1, -0.05) is 12.1 Å². The van der Waals surface area contributed by atoms with Crippen molar-refractivity contribution in [2.75, 3.05) is 50.7 Å². The molecule has 1 saturated heterocycles. The second-order valence-corrected chi connectivity index (χ2v) is 7.25. The van der Waals surface area contributed by atoms with Gasteiger partial charge in [0.25, 0.3) is 0 Å². The Kier molecular flexibility index (Phi) is 5.17. The molecule has 0 saturated carbocycles. The van der Waals surface area contributed by atoms with Gasteiger partial charge in [0, 0.05) is 24.5 Å². The van der Waals surface area contributed by atoms with Crippen molar-refractivity contribution in [3.63, 3.8) is 0 Å². The second kappa shape index (κ2) is 8.27. The number of ether oxygens (including phenoxy) is 3. The van der Waals surface area contributed by atoms with Gasteiger partial charge in [-0.15, -0.1) is 0 Å². The average Bonchev–Trinajstić information content (AvgIpc) is 3.25. The summed E-state index contributed by atoms with van der Waals surface area (Å²) in [5.41, 5.74) is 2.72. The van der Waals surface area contributed by atoms with Gasteiger partial charge in [-0.2, -0.15) is 4.98 Å². The average molecular weight is 420 g/mol. The van der Waals surface area contributed by atoms with Crippen LogP contribution in [0.5, 0.6) is 11.5 Å². The maximum absolute atomic E-state index is 5.49. The van der Waals surface area contributed by atoms with E-state index in [0.29, 0.717) is 43.0 Å². The predicted molar refractivity (Wildman–Crippen MR) is 119 cm³/mol. The topological polar surface area (TPSA) is 97.4 Å². The van der Waals surface area contributed by atoms with Crippen LogP contribution in [0.1, 0.15) is 5.82 Å². The van der Waals surface area contributed by atoms with Crippen molar-refractivity contribution in [1.82, 2.24) is 19.9 Å². The minimum atomic E-state index is 0.498. The third-order valence-corrected chi connectivity index (χ3v) is 5.34. The van der Waals surface area contributed by atoms with Gasteiger partial charge in [0.2, 0.25) is 5.95 Å². The molecular weight excluding hydrogens is 396 g/mol. The molecule has 2 aromatic heterocycles. The number of nitrogens with one attached hydrogen (secondary N) is 2. The fourth-order valence-corrected chi connectivity index (χ4v) is 3.74. The van der Waals surface area contributed by atoms with E-state index in [1.807, 2.05) is 36.4 Å². The summed E-state index contributed by atoms with van der Waals surface area (Å²) in [5.74, 6) is 3.47. The molecule has 9 nitrogen and oxygen atoms in total. The van der Waals surface area contributed by atoms with Crippen LogP contribution in [0.3, 0.4) is 0 Å².